The molecule has 0 aliphatic rings. The van der Waals surface area contributed by atoms with Gasteiger partial charge in [0.05, 0.1) is 16.2 Å². The van der Waals surface area contributed by atoms with Crippen molar-refractivity contribution >= 4 is 32.3 Å². The molecule has 0 bridgehead atoms. The summed E-state index contributed by atoms with van der Waals surface area (Å²) in [6.45, 7) is 4.11. The molecule has 0 N–H and O–H groups in total. The molecule has 10 heteroatoms. The van der Waals surface area contributed by atoms with E-state index in [1.807, 2.05) is 0 Å². The highest BCUT2D eigenvalue weighted by atomic mass is 32.2. The fourth-order valence-corrected chi connectivity index (χ4v) is 4.86. The third kappa shape index (κ3) is 3.98. The van der Waals surface area contributed by atoms with Crippen LogP contribution in [-0.4, -0.2) is 41.2 Å². The van der Waals surface area contributed by atoms with Crippen molar-refractivity contribution in [1.29, 1.82) is 0 Å². The van der Waals surface area contributed by atoms with E-state index < -0.39 is 16.0 Å². The summed E-state index contributed by atoms with van der Waals surface area (Å²) in [7, 11) is -3.58. The summed E-state index contributed by atoms with van der Waals surface area (Å²) in [5.74, 6) is -0.625. The quantitative estimate of drug-likeness (QED) is 0.542. The van der Waals surface area contributed by atoms with Crippen LogP contribution >= 0.6 is 11.3 Å². The normalized spacial score (nSPS) is 11.8. The molecule has 8 nitrogen and oxygen atoms in total. The van der Waals surface area contributed by atoms with E-state index in [-0.39, 0.29) is 22.6 Å². The Morgan fingerprint density at radius 1 is 1.21 bits per heavy atom. The second kappa shape index (κ2) is 8.21. The Morgan fingerprint density at radius 2 is 1.89 bits per heavy atom. The number of hydrogen-bond donors (Lipinski definition) is 0. The van der Waals surface area contributed by atoms with Crippen molar-refractivity contribution in [3.63, 3.8) is 0 Å². The van der Waals surface area contributed by atoms with Crippen LogP contribution in [0.2, 0.25) is 0 Å². The first-order valence-electron chi connectivity index (χ1n) is 8.60. The molecule has 0 aliphatic carbocycles. The monoisotopic (exact) mass is 421 g/mol. The molecule has 0 saturated heterocycles. The summed E-state index contributed by atoms with van der Waals surface area (Å²) < 4.78 is 32.9. The molecule has 0 spiro atoms. The summed E-state index contributed by atoms with van der Waals surface area (Å²) in [4.78, 5) is 29.1. The van der Waals surface area contributed by atoms with Gasteiger partial charge in [0.1, 0.15) is 6.61 Å². The lowest BCUT2D eigenvalue weighted by Crippen LogP contribution is -2.30. The predicted molar refractivity (Wildman–Crippen MR) is 105 cm³/mol. The molecule has 0 fully saturated rings. The van der Waals surface area contributed by atoms with Crippen LogP contribution < -0.4 is 5.56 Å². The Hall–Kier alpha value is -2.56. The Kier molecular flexibility index (Phi) is 5.92. The molecule has 0 amide bonds. The zero-order valence-electron chi connectivity index (χ0n) is 15.4. The number of ether oxygens (including phenoxy) is 1. The van der Waals surface area contributed by atoms with Crippen LogP contribution in [-0.2, 0) is 21.4 Å². The van der Waals surface area contributed by atoms with Gasteiger partial charge in [0, 0.05) is 30.7 Å². The van der Waals surface area contributed by atoms with Crippen LogP contribution in [0.1, 0.15) is 29.9 Å². The van der Waals surface area contributed by atoms with Crippen molar-refractivity contribution in [3.05, 3.63) is 63.5 Å². The lowest BCUT2D eigenvalue weighted by atomic mass is 10.2. The molecule has 0 radical (unpaired) electrons. The Morgan fingerprint density at radius 3 is 2.54 bits per heavy atom. The highest BCUT2D eigenvalue weighted by Crippen LogP contribution is 2.17. The van der Waals surface area contributed by atoms with Gasteiger partial charge in [-0.2, -0.15) is 4.31 Å². The van der Waals surface area contributed by atoms with Crippen LogP contribution in [0.25, 0.3) is 4.96 Å². The van der Waals surface area contributed by atoms with Crippen molar-refractivity contribution in [2.75, 3.05) is 13.1 Å². The minimum Gasteiger partial charge on any atom is -0.456 e. The topological polar surface area (TPSA) is 98.0 Å². The summed E-state index contributed by atoms with van der Waals surface area (Å²) >= 11 is 1.31. The van der Waals surface area contributed by atoms with Crippen LogP contribution in [0, 0.1) is 0 Å². The van der Waals surface area contributed by atoms with Gasteiger partial charge in [0.15, 0.2) is 4.96 Å². The van der Waals surface area contributed by atoms with E-state index in [1.54, 1.807) is 25.4 Å². The lowest BCUT2D eigenvalue weighted by Gasteiger charge is -2.18. The second-order valence-corrected chi connectivity index (χ2v) is 8.64. The van der Waals surface area contributed by atoms with Gasteiger partial charge in [-0.1, -0.05) is 13.8 Å². The van der Waals surface area contributed by atoms with Gasteiger partial charge in [-0.15, -0.1) is 11.3 Å². The predicted octanol–water partition coefficient (Wildman–Crippen LogP) is 2.14. The van der Waals surface area contributed by atoms with Crippen LogP contribution in [0.15, 0.2) is 51.6 Å². The van der Waals surface area contributed by atoms with E-state index in [4.69, 9.17) is 4.74 Å². The lowest BCUT2D eigenvalue weighted by molar-refractivity contribution is 0.0467. The van der Waals surface area contributed by atoms with Crippen molar-refractivity contribution in [2.45, 2.75) is 25.3 Å². The molecule has 2 heterocycles. The molecular formula is C18H19N3O5S2. The molecule has 0 atom stereocenters. The van der Waals surface area contributed by atoms with Gasteiger partial charge in [-0.3, -0.25) is 9.20 Å². The number of carbonyl (C=O) groups excluding carboxylic acids is 1. The highest BCUT2D eigenvalue weighted by molar-refractivity contribution is 7.89. The fourth-order valence-electron chi connectivity index (χ4n) is 2.66. The largest absolute Gasteiger partial charge is 0.456 e. The number of nitrogens with zero attached hydrogens (tertiary/aromatic N) is 3. The molecule has 3 aromatic rings. The maximum atomic E-state index is 12.5. The fraction of sp³-hybridized carbons (Fsp3) is 0.278. The van der Waals surface area contributed by atoms with E-state index in [0.717, 1.165) is 0 Å². The molecule has 0 unspecified atom stereocenters. The van der Waals surface area contributed by atoms with Gasteiger partial charge in [0.2, 0.25) is 10.0 Å². The third-order valence-corrected chi connectivity index (χ3v) is 6.96. The van der Waals surface area contributed by atoms with Crippen LogP contribution in [0.5, 0.6) is 0 Å². The van der Waals surface area contributed by atoms with E-state index in [0.29, 0.717) is 23.7 Å². The SMILES string of the molecule is CCN(CC)S(=O)(=O)c1ccc(C(=O)OCc2cc(=O)n3ccsc3n2)cc1. The molecule has 0 saturated carbocycles. The number of fused-ring (bicyclic) bond motifs is 1. The zero-order valence-corrected chi connectivity index (χ0v) is 17.0. The van der Waals surface area contributed by atoms with E-state index >= 15 is 0 Å². The van der Waals surface area contributed by atoms with Gasteiger partial charge < -0.3 is 4.74 Å². The number of benzene rings is 1. The van der Waals surface area contributed by atoms with Crippen molar-refractivity contribution < 1.29 is 17.9 Å². The average molecular weight is 422 g/mol. The summed E-state index contributed by atoms with van der Waals surface area (Å²) in [5.41, 5.74) is 0.317. The molecule has 1 aromatic carbocycles. The zero-order chi connectivity index (χ0) is 20.3. The first-order valence-corrected chi connectivity index (χ1v) is 10.9. The number of thiazole rings is 1. The number of hydrogen-bond acceptors (Lipinski definition) is 7. The Bertz CT molecular complexity index is 1150. The van der Waals surface area contributed by atoms with Gasteiger partial charge in [0.25, 0.3) is 5.56 Å². The molecule has 2 aromatic heterocycles. The number of esters is 1. The molecule has 28 heavy (non-hydrogen) atoms. The summed E-state index contributed by atoms with van der Waals surface area (Å²) in [6.07, 6.45) is 1.62. The maximum absolute atomic E-state index is 12.5. The van der Waals surface area contributed by atoms with E-state index in [1.165, 1.54) is 50.4 Å². The summed E-state index contributed by atoms with van der Waals surface area (Å²) in [5, 5.41) is 1.74. The summed E-state index contributed by atoms with van der Waals surface area (Å²) in [6, 6.07) is 6.89. The number of sulfonamides is 1. The van der Waals surface area contributed by atoms with Crippen molar-refractivity contribution in [2.24, 2.45) is 0 Å². The average Bonchev–Trinajstić information content (AvgIpc) is 3.16. The Balaban J connectivity index is 1.71. The van der Waals surface area contributed by atoms with Crippen LogP contribution in [0.3, 0.4) is 0 Å². The maximum Gasteiger partial charge on any atom is 0.338 e. The van der Waals surface area contributed by atoms with Crippen molar-refractivity contribution in [1.82, 2.24) is 13.7 Å². The first-order chi connectivity index (χ1) is 13.4. The number of carbonyl (C=O) groups is 1. The van der Waals surface area contributed by atoms with E-state index in [9.17, 15) is 18.0 Å². The standard InChI is InChI=1S/C18H19N3O5S2/c1-3-20(4-2)28(24,25)15-7-5-13(6-8-15)17(23)26-12-14-11-16(22)21-9-10-27-18(21)19-14/h5-11H,3-4,12H2,1-2H3. The number of rotatable bonds is 7. The molecule has 3 rings (SSSR count). The van der Waals surface area contributed by atoms with Gasteiger partial charge in [-0.25, -0.2) is 18.2 Å². The van der Waals surface area contributed by atoms with Gasteiger partial charge >= 0.3 is 5.97 Å². The minimum absolute atomic E-state index is 0.116. The number of aromatic nitrogens is 2. The smallest absolute Gasteiger partial charge is 0.338 e. The third-order valence-electron chi connectivity index (χ3n) is 4.14. The van der Waals surface area contributed by atoms with Crippen LogP contribution in [0.4, 0.5) is 0 Å². The molecule has 0 aliphatic heterocycles. The highest BCUT2D eigenvalue weighted by Gasteiger charge is 2.21. The van der Waals surface area contributed by atoms with Gasteiger partial charge in [-0.05, 0) is 24.3 Å². The molecular weight excluding hydrogens is 402 g/mol. The minimum atomic E-state index is -3.58. The van der Waals surface area contributed by atoms with Crippen molar-refractivity contribution in [3.8, 4) is 0 Å². The second-order valence-electron chi connectivity index (χ2n) is 5.83. The van der Waals surface area contributed by atoms with E-state index in [2.05, 4.69) is 4.98 Å². The Labute approximate surface area is 166 Å². The molecule has 148 valence electrons. The first kappa shape index (κ1) is 20.2.